The van der Waals surface area contributed by atoms with Gasteiger partial charge < -0.3 is 23.7 Å². The van der Waals surface area contributed by atoms with Crippen LogP contribution in [0, 0.1) is 11.3 Å². The minimum Gasteiger partial charge on any atom is -0.496 e. The number of ether oxygens (including phenoxy) is 5. The fraction of sp³-hybridized carbons (Fsp3) is 0.385. The monoisotopic (exact) mass is 454 g/mol. The minimum atomic E-state index is -1.45. The van der Waals surface area contributed by atoms with Gasteiger partial charge in [0.05, 0.1) is 35.5 Å². The molecule has 0 aliphatic heterocycles. The lowest BCUT2D eigenvalue weighted by Gasteiger charge is -2.30. The van der Waals surface area contributed by atoms with Crippen LogP contribution in [0.25, 0.3) is 0 Å². The predicted octanol–water partition coefficient (Wildman–Crippen LogP) is 4.14. The Morgan fingerprint density at radius 1 is 0.909 bits per heavy atom. The SMILES string of the molecule is C=C1CC(C(=O)OC)(C(=O)OC)C[C@@H]1[C@H](c1ccccc1)c1c(OC)cc(OC)cc1OC. The van der Waals surface area contributed by atoms with Gasteiger partial charge in [0.25, 0.3) is 0 Å². The van der Waals surface area contributed by atoms with Crippen LogP contribution in [0.3, 0.4) is 0 Å². The molecular weight excluding hydrogens is 424 g/mol. The van der Waals surface area contributed by atoms with E-state index in [0.29, 0.717) is 17.2 Å². The summed E-state index contributed by atoms with van der Waals surface area (Å²) in [6.45, 7) is 4.26. The van der Waals surface area contributed by atoms with E-state index in [1.807, 2.05) is 30.3 Å². The third-order valence-electron chi connectivity index (χ3n) is 6.40. The van der Waals surface area contributed by atoms with Crippen LogP contribution in [0.2, 0.25) is 0 Å². The largest absolute Gasteiger partial charge is 0.496 e. The van der Waals surface area contributed by atoms with Crippen molar-refractivity contribution >= 4 is 11.9 Å². The van der Waals surface area contributed by atoms with Crippen molar-refractivity contribution in [2.24, 2.45) is 11.3 Å². The standard InChI is InChI=1S/C26H30O7/c1-16-14-26(24(27)32-5,25(28)33-6)15-19(16)22(17-10-8-7-9-11-17)23-20(30-3)12-18(29-2)13-21(23)31-4/h7-13,19,22H,1,14-15H2,2-6H3/t19-,22-/m0/s1. The highest BCUT2D eigenvalue weighted by molar-refractivity contribution is 6.01. The van der Waals surface area contributed by atoms with Crippen LogP contribution in [0.4, 0.5) is 0 Å². The number of methoxy groups -OCH3 is 5. The molecule has 0 saturated heterocycles. The van der Waals surface area contributed by atoms with E-state index in [-0.39, 0.29) is 24.7 Å². The van der Waals surface area contributed by atoms with Crippen molar-refractivity contribution in [3.8, 4) is 17.2 Å². The Hall–Kier alpha value is -3.48. The van der Waals surface area contributed by atoms with Crippen molar-refractivity contribution < 1.29 is 33.3 Å². The maximum Gasteiger partial charge on any atom is 0.323 e. The summed E-state index contributed by atoms with van der Waals surface area (Å²) in [6, 6.07) is 13.4. The second kappa shape index (κ2) is 9.98. The van der Waals surface area contributed by atoms with E-state index >= 15 is 0 Å². The van der Waals surface area contributed by atoms with Gasteiger partial charge in [-0.15, -0.1) is 0 Å². The number of carbonyl (C=O) groups excluding carboxylic acids is 2. The number of benzene rings is 2. The van der Waals surface area contributed by atoms with Gasteiger partial charge >= 0.3 is 11.9 Å². The average molecular weight is 455 g/mol. The van der Waals surface area contributed by atoms with E-state index < -0.39 is 17.4 Å². The molecule has 2 atom stereocenters. The molecule has 1 fully saturated rings. The van der Waals surface area contributed by atoms with Gasteiger partial charge in [-0.1, -0.05) is 42.5 Å². The molecule has 33 heavy (non-hydrogen) atoms. The number of carbonyl (C=O) groups is 2. The van der Waals surface area contributed by atoms with Crippen molar-refractivity contribution in [2.45, 2.75) is 18.8 Å². The molecule has 1 saturated carbocycles. The molecule has 0 spiro atoms. The molecule has 1 aliphatic rings. The first-order chi connectivity index (χ1) is 15.9. The van der Waals surface area contributed by atoms with Gasteiger partial charge in [0, 0.05) is 23.6 Å². The average Bonchev–Trinajstić information content (AvgIpc) is 3.21. The van der Waals surface area contributed by atoms with E-state index in [9.17, 15) is 9.59 Å². The van der Waals surface area contributed by atoms with E-state index in [0.717, 1.165) is 16.7 Å². The van der Waals surface area contributed by atoms with E-state index in [1.165, 1.54) is 14.2 Å². The van der Waals surface area contributed by atoms with E-state index in [2.05, 4.69) is 6.58 Å². The molecule has 2 aromatic carbocycles. The molecule has 0 N–H and O–H groups in total. The molecule has 1 aliphatic carbocycles. The predicted molar refractivity (Wildman–Crippen MR) is 123 cm³/mol. The molecule has 0 bridgehead atoms. The number of allylic oxidation sites excluding steroid dienone is 1. The van der Waals surface area contributed by atoms with Crippen LogP contribution in [-0.4, -0.2) is 47.5 Å². The van der Waals surface area contributed by atoms with Gasteiger partial charge in [0.1, 0.15) is 17.2 Å². The Morgan fingerprint density at radius 3 is 1.91 bits per heavy atom. The normalized spacial score (nSPS) is 17.7. The lowest BCUT2D eigenvalue weighted by Crippen LogP contribution is -2.39. The van der Waals surface area contributed by atoms with Crippen LogP contribution in [-0.2, 0) is 19.1 Å². The van der Waals surface area contributed by atoms with Gasteiger partial charge in [-0.25, -0.2) is 0 Å². The van der Waals surface area contributed by atoms with Crippen LogP contribution >= 0.6 is 0 Å². The number of hydrogen-bond acceptors (Lipinski definition) is 7. The highest BCUT2D eigenvalue weighted by Gasteiger charge is 2.57. The zero-order valence-corrected chi connectivity index (χ0v) is 19.7. The first kappa shape index (κ1) is 24.2. The number of esters is 2. The molecule has 176 valence electrons. The molecular formula is C26H30O7. The molecule has 0 heterocycles. The third-order valence-corrected chi connectivity index (χ3v) is 6.40. The summed E-state index contributed by atoms with van der Waals surface area (Å²) in [6.07, 6.45) is 0.324. The van der Waals surface area contributed by atoms with Crippen LogP contribution < -0.4 is 14.2 Å². The van der Waals surface area contributed by atoms with Crippen molar-refractivity contribution in [3.63, 3.8) is 0 Å². The quantitative estimate of drug-likeness (QED) is 0.337. The molecule has 0 radical (unpaired) electrons. The zero-order chi connectivity index (χ0) is 24.2. The molecule has 7 heteroatoms. The zero-order valence-electron chi connectivity index (χ0n) is 19.7. The summed E-state index contributed by atoms with van der Waals surface area (Å²) in [5, 5.41) is 0. The van der Waals surface area contributed by atoms with Gasteiger partial charge in [-0.3, -0.25) is 9.59 Å². The first-order valence-corrected chi connectivity index (χ1v) is 10.6. The summed E-state index contributed by atoms with van der Waals surface area (Å²) in [5.74, 6) is -0.129. The van der Waals surface area contributed by atoms with Crippen LogP contribution in [0.1, 0.15) is 29.9 Å². The Labute approximate surface area is 194 Å². The Bertz CT molecular complexity index is 987. The summed E-state index contributed by atoms with van der Waals surface area (Å²) in [7, 11) is 7.27. The Kier molecular flexibility index (Phi) is 7.31. The molecule has 0 aromatic heterocycles. The van der Waals surface area contributed by atoms with Gasteiger partial charge in [0.15, 0.2) is 5.41 Å². The molecule has 0 amide bonds. The summed E-state index contributed by atoms with van der Waals surface area (Å²) in [5.41, 5.74) is 1.05. The second-order valence-corrected chi connectivity index (χ2v) is 8.04. The van der Waals surface area contributed by atoms with Crippen molar-refractivity contribution in [3.05, 3.63) is 65.7 Å². The van der Waals surface area contributed by atoms with Gasteiger partial charge in [-0.2, -0.15) is 0 Å². The Balaban J connectivity index is 2.24. The second-order valence-electron chi connectivity index (χ2n) is 8.04. The third kappa shape index (κ3) is 4.27. The molecule has 7 nitrogen and oxygen atoms in total. The maximum atomic E-state index is 12.8. The summed E-state index contributed by atoms with van der Waals surface area (Å²) >= 11 is 0. The highest BCUT2D eigenvalue weighted by Crippen LogP contribution is 2.56. The van der Waals surface area contributed by atoms with Crippen LogP contribution in [0.15, 0.2) is 54.6 Å². The highest BCUT2D eigenvalue weighted by atomic mass is 16.5. The van der Waals surface area contributed by atoms with Crippen molar-refractivity contribution in [2.75, 3.05) is 35.5 Å². The first-order valence-electron chi connectivity index (χ1n) is 10.6. The number of hydrogen-bond donors (Lipinski definition) is 0. The lowest BCUT2D eigenvalue weighted by atomic mass is 9.75. The summed E-state index contributed by atoms with van der Waals surface area (Å²) in [4.78, 5) is 25.6. The van der Waals surface area contributed by atoms with Gasteiger partial charge in [0.2, 0.25) is 0 Å². The van der Waals surface area contributed by atoms with E-state index in [1.54, 1.807) is 33.5 Å². The maximum absolute atomic E-state index is 12.8. The Morgan fingerprint density at radius 2 is 1.45 bits per heavy atom. The van der Waals surface area contributed by atoms with Crippen LogP contribution in [0.5, 0.6) is 17.2 Å². The molecule has 2 aromatic rings. The van der Waals surface area contributed by atoms with E-state index in [4.69, 9.17) is 23.7 Å². The lowest BCUT2D eigenvalue weighted by molar-refractivity contribution is -0.168. The molecule has 0 unspecified atom stereocenters. The number of rotatable bonds is 8. The van der Waals surface area contributed by atoms with Crippen molar-refractivity contribution in [1.29, 1.82) is 0 Å². The fourth-order valence-corrected chi connectivity index (χ4v) is 4.85. The van der Waals surface area contributed by atoms with Gasteiger partial charge in [-0.05, 0) is 24.3 Å². The minimum absolute atomic E-state index is 0.140. The molecule has 3 rings (SSSR count). The topological polar surface area (TPSA) is 80.3 Å². The van der Waals surface area contributed by atoms with Crippen molar-refractivity contribution in [1.82, 2.24) is 0 Å². The summed E-state index contributed by atoms with van der Waals surface area (Å²) < 4.78 is 26.9. The fourth-order valence-electron chi connectivity index (χ4n) is 4.85. The smallest absolute Gasteiger partial charge is 0.323 e.